The van der Waals surface area contributed by atoms with Gasteiger partial charge in [0.25, 0.3) is 11.8 Å². The Hall–Kier alpha value is -3.94. The van der Waals surface area contributed by atoms with Crippen molar-refractivity contribution in [3.63, 3.8) is 0 Å². The van der Waals surface area contributed by atoms with Crippen LogP contribution in [0.2, 0.25) is 0 Å². The van der Waals surface area contributed by atoms with E-state index in [1.165, 1.54) is 11.8 Å². The maximum atomic E-state index is 14.6. The average molecular weight is 652 g/mol. The van der Waals surface area contributed by atoms with E-state index in [0.29, 0.717) is 24.3 Å². The second-order valence-electron chi connectivity index (χ2n) is 13.8. The van der Waals surface area contributed by atoms with Crippen LogP contribution in [0.15, 0.2) is 54.7 Å². The van der Waals surface area contributed by atoms with Gasteiger partial charge < -0.3 is 19.9 Å². The molecule has 0 saturated carbocycles. The molecule has 0 radical (unpaired) electrons. The maximum absolute atomic E-state index is 14.6. The quantitative estimate of drug-likeness (QED) is 0.421. The van der Waals surface area contributed by atoms with Gasteiger partial charge in [-0.2, -0.15) is 13.2 Å². The molecule has 2 N–H and O–H groups in total. The molecule has 10 nitrogen and oxygen atoms in total. The normalized spacial score (nSPS) is 33.6. The van der Waals surface area contributed by atoms with Crippen molar-refractivity contribution in [2.24, 2.45) is 13.0 Å². The minimum absolute atomic E-state index is 0.115. The fourth-order valence-electron chi connectivity index (χ4n) is 8.97. The number of nitrogens with zero attached hydrogens (tertiary/aromatic N) is 4. The molecule has 3 aromatic rings. The largest absolute Gasteiger partial charge is 0.460 e. The summed E-state index contributed by atoms with van der Waals surface area (Å²) in [6, 6.07) is 11.9. The van der Waals surface area contributed by atoms with Crippen LogP contribution >= 0.6 is 0 Å². The fraction of sp³-hybridized carbons (Fsp3) is 0.500. The van der Waals surface area contributed by atoms with E-state index in [-0.39, 0.29) is 25.2 Å². The van der Waals surface area contributed by atoms with Crippen molar-refractivity contribution in [2.45, 2.75) is 81.0 Å². The molecular formula is C34H36F3N5O5. The van der Waals surface area contributed by atoms with Gasteiger partial charge in [0.05, 0.1) is 5.92 Å². The number of alkyl halides is 3. The van der Waals surface area contributed by atoms with Crippen molar-refractivity contribution in [2.75, 3.05) is 13.1 Å². The number of hydrogen-bond donors (Lipinski definition) is 2. The molecule has 4 fully saturated rings. The van der Waals surface area contributed by atoms with Gasteiger partial charge in [-0.15, -0.1) is 0 Å². The standard InChI is InChI=1S/C34H36F3N5O5/c1-32(31(45)42-26(14-19-8-4-3-5-9-19)30(44)40-13-7-12-27(40)33(42,46)47-32)38-29(43)21-15-23-22-10-6-11-24-28(22)20(17-39(24)2)16-25(23)41(18-21)34(35,36)37/h3-6,8-11,17,21,23,25-27,46H,7,12-16,18H2,1-2H3,(H,38,43)/t21?,23-,25?,26+,27+,32?,33+/m1/s1. The first kappa shape index (κ1) is 30.4. The van der Waals surface area contributed by atoms with Gasteiger partial charge in [-0.05, 0) is 55.4 Å². The summed E-state index contributed by atoms with van der Waals surface area (Å²) in [5, 5.41) is 15.6. The lowest BCUT2D eigenvalue weighted by atomic mass is 9.72. The number of aromatic nitrogens is 1. The number of rotatable bonds is 4. The summed E-state index contributed by atoms with van der Waals surface area (Å²) in [4.78, 5) is 45.0. The zero-order chi connectivity index (χ0) is 33.0. The van der Waals surface area contributed by atoms with Gasteiger partial charge in [-0.3, -0.25) is 24.0 Å². The Labute approximate surface area is 269 Å². The van der Waals surface area contributed by atoms with E-state index in [1.807, 2.05) is 66.3 Å². The molecule has 2 aromatic carbocycles. The van der Waals surface area contributed by atoms with Gasteiger partial charge in [0.1, 0.15) is 12.1 Å². The van der Waals surface area contributed by atoms with Gasteiger partial charge >= 0.3 is 6.30 Å². The molecule has 8 rings (SSSR count). The molecule has 13 heteroatoms. The first-order valence-electron chi connectivity index (χ1n) is 16.1. The Kier molecular flexibility index (Phi) is 6.65. The molecule has 7 atom stereocenters. The zero-order valence-electron chi connectivity index (χ0n) is 26.0. The van der Waals surface area contributed by atoms with Crippen LogP contribution in [0.5, 0.6) is 0 Å². The number of halogens is 3. The van der Waals surface area contributed by atoms with Crippen LogP contribution in [-0.2, 0) is 39.0 Å². The second-order valence-corrected chi connectivity index (χ2v) is 13.8. The number of carbonyl (C=O) groups excluding carboxylic acids is 3. The number of likely N-dealkylation sites (tertiary alicyclic amines) is 1. The van der Waals surface area contributed by atoms with Crippen molar-refractivity contribution >= 4 is 28.6 Å². The van der Waals surface area contributed by atoms with E-state index < -0.39 is 66.3 Å². The van der Waals surface area contributed by atoms with Gasteiger partial charge in [0.2, 0.25) is 17.5 Å². The molecule has 1 aromatic heterocycles. The zero-order valence-corrected chi connectivity index (χ0v) is 26.0. The number of carbonyl (C=O) groups is 3. The van der Waals surface area contributed by atoms with Crippen LogP contribution in [0.25, 0.3) is 10.9 Å². The number of piperidine rings is 1. The van der Waals surface area contributed by atoms with Crippen molar-refractivity contribution in [1.29, 1.82) is 0 Å². The van der Waals surface area contributed by atoms with Gasteiger partial charge in [-0.25, -0.2) is 4.90 Å². The number of ether oxygens (including phenoxy) is 1. The monoisotopic (exact) mass is 651 g/mol. The van der Waals surface area contributed by atoms with Crippen molar-refractivity contribution in [3.05, 3.63) is 71.4 Å². The van der Waals surface area contributed by atoms with E-state index in [4.69, 9.17) is 4.74 Å². The number of benzene rings is 2. The molecule has 3 unspecified atom stereocenters. The second kappa shape index (κ2) is 10.3. The number of amides is 3. The Morgan fingerprint density at radius 3 is 2.64 bits per heavy atom. The van der Waals surface area contributed by atoms with Gasteiger partial charge in [-0.1, -0.05) is 42.5 Å². The van der Waals surface area contributed by atoms with Crippen LogP contribution in [0.4, 0.5) is 13.2 Å². The molecule has 47 heavy (non-hydrogen) atoms. The Morgan fingerprint density at radius 1 is 1.13 bits per heavy atom. The molecule has 5 heterocycles. The number of fused-ring (bicyclic) bond motifs is 5. The molecule has 1 aliphatic carbocycles. The SMILES string of the molecule is Cn1cc2c3c(cccc31)[C@H]1CC(C(=O)NC3(C)O[C@@]4(O)[C@@H]5CCCN5C(=O)[C@H](Cc5ccccc5)N4C3=O)CN(C(F)(F)F)C1C2. The fourth-order valence-corrected chi connectivity index (χ4v) is 8.97. The van der Waals surface area contributed by atoms with Crippen molar-refractivity contribution in [3.8, 4) is 0 Å². The Bertz CT molecular complexity index is 1800. The average Bonchev–Trinajstić information content (AvgIpc) is 3.70. The summed E-state index contributed by atoms with van der Waals surface area (Å²) in [5.41, 5.74) is 1.20. The lowest BCUT2D eigenvalue weighted by Gasteiger charge is -2.48. The summed E-state index contributed by atoms with van der Waals surface area (Å²) in [6.07, 6.45) is -1.39. The molecule has 0 spiro atoms. The molecule has 248 valence electrons. The van der Waals surface area contributed by atoms with Crippen molar-refractivity contribution in [1.82, 2.24) is 24.6 Å². The molecule has 3 amide bonds. The highest BCUT2D eigenvalue weighted by atomic mass is 19.4. The van der Waals surface area contributed by atoms with E-state index in [0.717, 1.165) is 32.5 Å². The molecule has 5 aliphatic rings. The van der Waals surface area contributed by atoms with Gasteiger partial charge in [0, 0.05) is 55.6 Å². The predicted octanol–water partition coefficient (Wildman–Crippen LogP) is 2.98. The molecule has 4 saturated heterocycles. The summed E-state index contributed by atoms with van der Waals surface area (Å²) >= 11 is 0. The number of hydrogen-bond acceptors (Lipinski definition) is 6. The highest BCUT2D eigenvalue weighted by Crippen LogP contribution is 2.49. The Balaban J connectivity index is 1.11. The number of aryl methyl sites for hydroxylation is 1. The third-order valence-corrected chi connectivity index (χ3v) is 11.0. The minimum atomic E-state index is -4.70. The van der Waals surface area contributed by atoms with Gasteiger partial charge in [0.15, 0.2) is 0 Å². The molecule has 0 bridgehead atoms. The maximum Gasteiger partial charge on any atom is 0.460 e. The van der Waals surface area contributed by atoms with Crippen molar-refractivity contribution < 1.29 is 37.4 Å². The summed E-state index contributed by atoms with van der Waals surface area (Å²) in [7, 11) is 1.87. The number of piperazine rings is 1. The predicted molar refractivity (Wildman–Crippen MR) is 162 cm³/mol. The summed E-state index contributed by atoms with van der Waals surface area (Å²) in [5.74, 6) is -5.85. The lowest BCUT2D eigenvalue weighted by molar-refractivity contribution is -0.315. The minimum Gasteiger partial charge on any atom is -0.350 e. The first-order valence-corrected chi connectivity index (χ1v) is 16.1. The van der Waals surface area contributed by atoms with Crippen LogP contribution in [-0.4, -0.2) is 91.2 Å². The summed E-state index contributed by atoms with van der Waals surface area (Å²) in [6.45, 7) is 1.11. The Morgan fingerprint density at radius 2 is 1.89 bits per heavy atom. The summed E-state index contributed by atoms with van der Waals surface area (Å²) < 4.78 is 51.9. The van der Waals surface area contributed by atoms with E-state index in [9.17, 15) is 32.7 Å². The van der Waals surface area contributed by atoms with Crippen LogP contribution in [0.1, 0.15) is 48.8 Å². The third-order valence-electron chi connectivity index (χ3n) is 11.0. The van der Waals surface area contributed by atoms with E-state index >= 15 is 0 Å². The number of nitrogens with one attached hydrogen (secondary N) is 1. The van der Waals surface area contributed by atoms with E-state index in [1.54, 1.807) is 0 Å². The highest BCUT2D eigenvalue weighted by Gasteiger charge is 2.70. The van der Waals surface area contributed by atoms with Crippen LogP contribution < -0.4 is 5.32 Å². The first-order chi connectivity index (χ1) is 22.3. The van der Waals surface area contributed by atoms with Crippen LogP contribution in [0.3, 0.4) is 0 Å². The molecular weight excluding hydrogens is 615 g/mol. The third kappa shape index (κ3) is 4.46. The lowest BCUT2D eigenvalue weighted by Crippen LogP contribution is -2.71. The molecule has 4 aliphatic heterocycles. The highest BCUT2D eigenvalue weighted by molar-refractivity contribution is 5.97. The van der Waals surface area contributed by atoms with Crippen LogP contribution in [0, 0.1) is 5.92 Å². The number of aliphatic hydroxyl groups is 1. The smallest absolute Gasteiger partial charge is 0.350 e. The topological polar surface area (TPSA) is 107 Å². The van der Waals surface area contributed by atoms with E-state index in [2.05, 4.69) is 5.32 Å².